The Balaban J connectivity index is 2.02. The number of rotatable bonds is 7. The van der Waals surface area contributed by atoms with Gasteiger partial charge in [-0.2, -0.15) is 4.98 Å². The van der Waals surface area contributed by atoms with E-state index < -0.39 is 0 Å². The van der Waals surface area contributed by atoms with Gasteiger partial charge in [-0.3, -0.25) is 0 Å². The molecular weight excluding hydrogens is 248 g/mol. The summed E-state index contributed by atoms with van der Waals surface area (Å²) >= 11 is 0. The lowest BCUT2D eigenvalue weighted by atomic mass is 10.1. The molecule has 0 aliphatic rings. The summed E-state index contributed by atoms with van der Waals surface area (Å²) in [6.07, 6.45) is 6.02. The first-order valence-corrected chi connectivity index (χ1v) is 7.18. The van der Waals surface area contributed by atoms with E-state index in [-0.39, 0.29) is 0 Å². The molecule has 2 rings (SSSR count). The number of hydrogen-bond donors (Lipinski definition) is 2. The molecule has 0 radical (unpaired) electrons. The van der Waals surface area contributed by atoms with Crippen LogP contribution in [0.2, 0.25) is 0 Å². The summed E-state index contributed by atoms with van der Waals surface area (Å²) in [7, 11) is 0. The van der Waals surface area contributed by atoms with E-state index in [4.69, 9.17) is 5.73 Å². The predicted octanol–water partition coefficient (Wildman–Crippen LogP) is 3.06. The summed E-state index contributed by atoms with van der Waals surface area (Å²) in [6, 6.07) is 10.4. The van der Waals surface area contributed by atoms with Crippen molar-refractivity contribution in [3.8, 4) is 0 Å². The van der Waals surface area contributed by atoms with Gasteiger partial charge in [-0.05, 0) is 24.8 Å². The van der Waals surface area contributed by atoms with E-state index in [0.29, 0.717) is 5.95 Å². The number of benzene rings is 1. The first kappa shape index (κ1) is 14.3. The van der Waals surface area contributed by atoms with E-state index in [0.717, 1.165) is 43.6 Å². The zero-order valence-corrected chi connectivity index (χ0v) is 12.0. The molecule has 1 aromatic heterocycles. The van der Waals surface area contributed by atoms with Gasteiger partial charge in [-0.1, -0.05) is 43.7 Å². The Hall–Kier alpha value is -2.10. The molecular formula is C16H22N4. The minimum absolute atomic E-state index is 0.326. The molecule has 0 bridgehead atoms. The van der Waals surface area contributed by atoms with Gasteiger partial charge in [0, 0.05) is 18.3 Å². The number of anilines is 2. The van der Waals surface area contributed by atoms with Gasteiger partial charge in [0.1, 0.15) is 5.82 Å². The third-order valence-corrected chi connectivity index (χ3v) is 3.23. The standard InChI is InChI=1S/C16H22N4/c1-2-3-11-18-15-14(12-19-16(17)20-15)10-9-13-7-5-4-6-8-13/h4-8,12H,2-3,9-11H2,1H3,(H3,17,18,19,20). The molecule has 4 heteroatoms. The molecule has 0 unspecified atom stereocenters. The lowest BCUT2D eigenvalue weighted by Gasteiger charge is -2.11. The van der Waals surface area contributed by atoms with Gasteiger partial charge in [0.25, 0.3) is 0 Å². The van der Waals surface area contributed by atoms with Crippen molar-refractivity contribution in [3.63, 3.8) is 0 Å². The second kappa shape index (κ2) is 7.48. The molecule has 20 heavy (non-hydrogen) atoms. The van der Waals surface area contributed by atoms with Crippen molar-refractivity contribution in [1.29, 1.82) is 0 Å². The third-order valence-electron chi connectivity index (χ3n) is 3.23. The van der Waals surface area contributed by atoms with E-state index in [1.54, 1.807) is 0 Å². The van der Waals surface area contributed by atoms with Gasteiger partial charge in [0.2, 0.25) is 5.95 Å². The van der Waals surface area contributed by atoms with Crippen LogP contribution in [0.15, 0.2) is 36.5 Å². The highest BCUT2D eigenvalue weighted by Gasteiger charge is 2.06. The molecule has 0 saturated carbocycles. The van der Waals surface area contributed by atoms with Gasteiger partial charge >= 0.3 is 0 Å². The highest BCUT2D eigenvalue weighted by molar-refractivity contribution is 5.46. The van der Waals surface area contributed by atoms with Crippen LogP contribution >= 0.6 is 0 Å². The van der Waals surface area contributed by atoms with Crippen LogP contribution in [0.3, 0.4) is 0 Å². The average molecular weight is 270 g/mol. The molecule has 106 valence electrons. The van der Waals surface area contributed by atoms with Crippen molar-refractivity contribution < 1.29 is 0 Å². The summed E-state index contributed by atoms with van der Waals surface area (Å²) in [5.74, 6) is 1.20. The van der Waals surface area contributed by atoms with E-state index in [2.05, 4.69) is 46.5 Å². The minimum atomic E-state index is 0.326. The molecule has 3 N–H and O–H groups in total. The van der Waals surface area contributed by atoms with E-state index in [1.165, 1.54) is 5.56 Å². The molecule has 0 fully saturated rings. The number of aromatic nitrogens is 2. The maximum atomic E-state index is 5.68. The number of hydrogen-bond acceptors (Lipinski definition) is 4. The largest absolute Gasteiger partial charge is 0.370 e. The van der Waals surface area contributed by atoms with Crippen molar-refractivity contribution in [2.75, 3.05) is 17.6 Å². The Morgan fingerprint density at radius 2 is 1.95 bits per heavy atom. The van der Waals surface area contributed by atoms with E-state index >= 15 is 0 Å². The normalized spacial score (nSPS) is 10.4. The molecule has 1 aromatic carbocycles. The van der Waals surface area contributed by atoms with Crippen LogP contribution < -0.4 is 11.1 Å². The second-order valence-electron chi connectivity index (χ2n) is 4.87. The average Bonchev–Trinajstić information content (AvgIpc) is 2.48. The van der Waals surface area contributed by atoms with Gasteiger partial charge in [0.15, 0.2) is 0 Å². The number of nitrogens with two attached hydrogens (primary N) is 1. The van der Waals surface area contributed by atoms with Crippen LogP contribution in [0.5, 0.6) is 0 Å². The topological polar surface area (TPSA) is 63.8 Å². The molecule has 4 nitrogen and oxygen atoms in total. The quantitative estimate of drug-likeness (QED) is 0.759. The summed E-state index contributed by atoms with van der Waals surface area (Å²) in [4.78, 5) is 8.42. The molecule has 0 aliphatic carbocycles. The third kappa shape index (κ3) is 4.23. The second-order valence-corrected chi connectivity index (χ2v) is 4.87. The summed E-state index contributed by atoms with van der Waals surface area (Å²) < 4.78 is 0. The SMILES string of the molecule is CCCCNc1nc(N)ncc1CCc1ccccc1. The van der Waals surface area contributed by atoms with Crippen LogP contribution in [-0.4, -0.2) is 16.5 Å². The Morgan fingerprint density at radius 1 is 1.15 bits per heavy atom. The highest BCUT2D eigenvalue weighted by Crippen LogP contribution is 2.16. The number of aryl methyl sites for hydroxylation is 2. The predicted molar refractivity (Wildman–Crippen MR) is 83.7 cm³/mol. The van der Waals surface area contributed by atoms with Crippen LogP contribution in [0.4, 0.5) is 11.8 Å². The monoisotopic (exact) mass is 270 g/mol. The first-order chi connectivity index (χ1) is 9.79. The molecule has 0 atom stereocenters. The molecule has 2 aromatic rings. The van der Waals surface area contributed by atoms with Crippen molar-refractivity contribution in [2.45, 2.75) is 32.6 Å². The van der Waals surface area contributed by atoms with Crippen LogP contribution in [0.25, 0.3) is 0 Å². The summed E-state index contributed by atoms with van der Waals surface area (Å²) in [5.41, 5.74) is 8.12. The Morgan fingerprint density at radius 3 is 2.70 bits per heavy atom. The van der Waals surface area contributed by atoms with Crippen LogP contribution in [-0.2, 0) is 12.8 Å². The fourth-order valence-corrected chi connectivity index (χ4v) is 2.06. The van der Waals surface area contributed by atoms with Gasteiger partial charge in [-0.25, -0.2) is 4.98 Å². The minimum Gasteiger partial charge on any atom is -0.370 e. The first-order valence-electron chi connectivity index (χ1n) is 7.18. The van der Waals surface area contributed by atoms with Gasteiger partial charge < -0.3 is 11.1 Å². The number of nitrogens with one attached hydrogen (secondary N) is 1. The molecule has 0 aliphatic heterocycles. The maximum absolute atomic E-state index is 5.68. The van der Waals surface area contributed by atoms with Crippen LogP contribution in [0, 0.1) is 0 Å². The molecule has 0 saturated heterocycles. The Kier molecular flexibility index (Phi) is 5.35. The number of nitrogen functional groups attached to an aromatic ring is 1. The Bertz CT molecular complexity index is 525. The lowest BCUT2D eigenvalue weighted by molar-refractivity contribution is 0.825. The van der Waals surface area contributed by atoms with E-state index in [9.17, 15) is 0 Å². The summed E-state index contributed by atoms with van der Waals surface area (Å²) in [5, 5.41) is 3.36. The number of nitrogens with zero attached hydrogens (tertiary/aromatic N) is 2. The summed E-state index contributed by atoms with van der Waals surface area (Å²) in [6.45, 7) is 3.09. The lowest BCUT2D eigenvalue weighted by Crippen LogP contribution is -2.09. The number of unbranched alkanes of at least 4 members (excludes halogenated alkanes) is 1. The fourth-order valence-electron chi connectivity index (χ4n) is 2.06. The molecule has 0 amide bonds. The van der Waals surface area contributed by atoms with Crippen molar-refractivity contribution in [1.82, 2.24) is 9.97 Å². The van der Waals surface area contributed by atoms with E-state index in [1.807, 2.05) is 12.3 Å². The van der Waals surface area contributed by atoms with Gasteiger partial charge in [0.05, 0.1) is 0 Å². The van der Waals surface area contributed by atoms with Crippen LogP contribution in [0.1, 0.15) is 30.9 Å². The van der Waals surface area contributed by atoms with Crippen molar-refractivity contribution in [3.05, 3.63) is 47.7 Å². The highest BCUT2D eigenvalue weighted by atomic mass is 15.1. The zero-order chi connectivity index (χ0) is 14.2. The Labute approximate surface area is 120 Å². The zero-order valence-electron chi connectivity index (χ0n) is 12.0. The van der Waals surface area contributed by atoms with Crippen molar-refractivity contribution in [2.24, 2.45) is 0 Å². The molecule has 1 heterocycles. The fraction of sp³-hybridized carbons (Fsp3) is 0.375. The maximum Gasteiger partial charge on any atom is 0.221 e. The smallest absolute Gasteiger partial charge is 0.221 e. The van der Waals surface area contributed by atoms with Gasteiger partial charge in [-0.15, -0.1) is 0 Å². The van der Waals surface area contributed by atoms with Crippen molar-refractivity contribution >= 4 is 11.8 Å². The molecule has 0 spiro atoms.